The van der Waals surface area contributed by atoms with Crippen LogP contribution in [0.5, 0.6) is 0 Å². The van der Waals surface area contributed by atoms with E-state index >= 15 is 0 Å². The molecule has 3 rings (SSSR count). The van der Waals surface area contributed by atoms with Crippen molar-refractivity contribution >= 4 is 17.7 Å². The van der Waals surface area contributed by atoms with Gasteiger partial charge < -0.3 is 14.5 Å². The highest BCUT2D eigenvalue weighted by Gasteiger charge is 2.34. The van der Waals surface area contributed by atoms with Gasteiger partial charge in [-0.25, -0.2) is 14.8 Å². The predicted molar refractivity (Wildman–Crippen MR) is 106 cm³/mol. The van der Waals surface area contributed by atoms with Crippen LogP contribution in [0, 0.1) is 0 Å². The Morgan fingerprint density at radius 1 is 1.26 bits per heavy atom. The predicted octanol–water partition coefficient (Wildman–Crippen LogP) is 4.14. The van der Waals surface area contributed by atoms with Crippen LogP contribution >= 0.6 is 0 Å². The third-order valence-corrected chi connectivity index (χ3v) is 4.69. The molecule has 1 aliphatic heterocycles. The number of likely N-dealkylation sites (tertiary alicyclic amines) is 1. The van der Waals surface area contributed by atoms with E-state index in [1.165, 1.54) is 5.56 Å². The van der Waals surface area contributed by atoms with E-state index in [1.54, 1.807) is 11.1 Å². The van der Waals surface area contributed by atoms with Crippen molar-refractivity contribution in [1.29, 1.82) is 0 Å². The highest BCUT2D eigenvalue weighted by atomic mass is 16.6. The third-order valence-electron chi connectivity index (χ3n) is 4.69. The lowest BCUT2D eigenvalue weighted by Crippen LogP contribution is -2.50. The average molecular weight is 368 g/mol. The topological polar surface area (TPSA) is 58.6 Å². The Labute approximate surface area is 161 Å². The first kappa shape index (κ1) is 19.1. The molecule has 0 saturated carbocycles. The number of carbonyl (C=O) groups excluding carboxylic acids is 1. The Morgan fingerprint density at radius 2 is 2.00 bits per heavy atom. The molecule has 0 N–H and O–H groups in total. The van der Waals surface area contributed by atoms with Gasteiger partial charge in [0.25, 0.3) is 0 Å². The molecule has 0 unspecified atom stereocenters. The normalized spacial score (nSPS) is 14.6. The Morgan fingerprint density at radius 3 is 2.59 bits per heavy atom. The van der Waals surface area contributed by atoms with Crippen LogP contribution in [0.2, 0.25) is 0 Å². The molecule has 1 fully saturated rings. The van der Waals surface area contributed by atoms with Crippen LogP contribution in [0.25, 0.3) is 0 Å². The maximum Gasteiger partial charge on any atom is 0.410 e. The van der Waals surface area contributed by atoms with Gasteiger partial charge in [0.15, 0.2) is 0 Å². The summed E-state index contributed by atoms with van der Waals surface area (Å²) in [6.45, 7) is 9.11. The molecule has 6 heteroatoms. The summed E-state index contributed by atoms with van der Waals surface area (Å²) < 4.78 is 5.40. The number of pyridine rings is 2. The molecule has 0 radical (unpaired) electrons. The van der Waals surface area contributed by atoms with Gasteiger partial charge >= 0.3 is 6.09 Å². The number of nitrogens with zero attached hydrogens (tertiary/aromatic N) is 4. The molecule has 1 amide bonds. The molecule has 2 aromatic rings. The van der Waals surface area contributed by atoms with Crippen molar-refractivity contribution < 1.29 is 9.53 Å². The van der Waals surface area contributed by atoms with E-state index in [0.29, 0.717) is 19.0 Å². The molecule has 0 atom stereocenters. The van der Waals surface area contributed by atoms with Crippen molar-refractivity contribution in [3.8, 4) is 0 Å². The molecule has 1 saturated heterocycles. The summed E-state index contributed by atoms with van der Waals surface area (Å²) in [5.41, 5.74) is 1.88. The Bertz CT molecular complexity index is 793. The summed E-state index contributed by atoms with van der Waals surface area (Å²) >= 11 is 0. The van der Waals surface area contributed by atoms with Crippen molar-refractivity contribution in [2.24, 2.45) is 0 Å². The van der Waals surface area contributed by atoms with E-state index < -0.39 is 5.60 Å². The molecule has 3 heterocycles. The highest BCUT2D eigenvalue weighted by Crippen LogP contribution is 2.30. The van der Waals surface area contributed by atoms with Crippen LogP contribution in [-0.4, -0.2) is 46.7 Å². The summed E-state index contributed by atoms with van der Waals surface area (Å²) in [7, 11) is 1.98. The number of hydrogen-bond donors (Lipinski definition) is 0. The molecular weight excluding hydrogens is 340 g/mol. The van der Waals surface area contributed by atoms with E-state index in [1.807, 2.05) is 51.0 Å². The van der Waals surface area contributed by atoms with Crippen LogP contribution in [0.4, 0.5) is 16.4 Å². The number of rotatable bonds is 4. The lowest BCUT2D eigenvalue weighted by atomic mass is 9.93. The molecule has 2 aromatic heterocycles. The standard InChI is InChI=1S/C21H28N4O2/c1-6-15-8-7-11-22-19(15)24(5)18-10-9-16(12-23-18)17-13-25(14-17)20(26)27-21(2,3)4/h7-12,17H,6,13-14H2,1-5H3. The number of aryl methyl sites for hydroxylation is 1. The monoisotopic (exact) mass is 368 g/mol. The molecule has 144 valence electrons. The fourth-order valence-electron chi connectivity index (χ4n) is 3.12. The second-order valence-electron chi connectivity index (χ2n) is 7.93. The van der Waals surface area contributed by atoms with Gasteiger partial charge in [-0.05, 0) is 50.5 Å². The van der Waals surface area contributed by atoms with Crippen molar-refractivity contribution in [3.05, 3.63) is 47.8 Å². The van der Waals surface area contributed by atoms with E-state index in [9.17, 15) is 4.79 Å². The molecule has 6 nitrogen and oxygen atoms in total. The first-order valence-electron chi connectivity index (χ1n) is 9.40. The minimum atomic E-state index is -0.460. The van der Waals surface area contributed by atoms with E-state index in [0.717, 1.165) is 23.6 Å². The number of aromatic nitrogens is 2. The molecule has 0 spiro atoms. The maximum absolute atomic E-state index is 12.1. The van der Waals surface area contributed by atoms with E-state index in [-0.39, 0.29) is 6.09 Å². The lowest BCUT2D eigenvalue weighted by molar-refractivity contribution is 0.00817. The quantitative estimate of drug-likeness (QED) is 0.812. The Hall–Kier alpha value is -2.63. The zero-order valence-corrected chi connectivity index (χ0v) is 16.8. The molecule has 27 heavy (non-hydrogen) atoms. The van der Waals surface area contributed by atoms with Gasteiger partial charge in [0.1, 0.15) is 17.2 Å². The first-order valence-corrected chi connectivity index (χ1v) is 9.40. The van der Waals surface area contributed by atoms with Gasteiger partial charge in [0, 0.05) is 38.4 Å². The maximum atomic E-state index is 12.1. The molecule has 1 aliphatic rings. The van der Waals surface area contributed by atoms with Gasteiger partial charge in [-0.1, -0.05) is 19.1 Å². The van der Waals surface area contributed by atoms with Crippen molar-refractivity contribution in [3.63, 3.8) is 0 Å². The third kappa shape index (κ3) is 4.38. The van der Waals surface area contributed by atoms with Crippen LogP contribution in [0.1, 0.15) is 44.7 Å². The second kappa shape index (κ2) is 7.55. The zero-order chi connectivity index (χ0) is 19.6. The molecule has 0 bridgehead atoms. The Kier molecular flexibility index (Phi) is 5.35. The lowest BCUT2D eigenvalue weighted by Gasteiger charge is -2.40. The second-order valence-corrected chi connectivity index (χ2v) is 7.93. The number of carbonyl (C=O) groups is 1. The van der Waals surface area contributed by atoms with Crippen molar-refractivity contribution in [2.75, 3.05) is 25.0 Å². The van der Waals surface area contributed by atoms with Crippen LogP contribution in [0.3, 0.4) is 0 Å². The van der Waals surface area contributed by atoms with Gasteiger partial charge in [-0.2, -0.15) is 0 Å². The summed E-state index contributed by atoms with van der Waals surface area (Å²) in [6, 6.07) is 8.15. The minimum Gasteiger partial charge on any atom is -0.444 e. The van der Waals surface area contributed by atoms with Crippen LogP contribution < -0.4 is 4.90 Å². The van der Waals surface area contributed by atoms with Gasteiger partial charge in [-0.15, -0.1) is 0 Å². The van der Waals surface area contributed by atoms with Gasteiger partial charge in [0.05, 0.1) is 0 Å². The van der Waals surface area contributed by atoms with Crippen LogP contribution in [-0.2, 0) is 11.2 Å². The highest BCUT2D eigenvalue weighted by molar-refractivity contribution is 5.69. The van der Waals surface area contributed by atoms with E-state index in [4.69, 9.17) is 4.74 Å². The van der Waals surface area contributed by atoms with Gasteiger partial charge in [-0.3, -0.25) is 0 Å². The molecular formula is C21H28N4O2. The fourth-order valence-corrected chi connectivity index (χ4v) is 3.12. The van der Waals surface area contributed by atoms with E-state index in [2.05, 4.69) is 29.0 Å². The first-order chi connectivity index (χ1) is 12.8. The summed E-state index contributed by atoms with van der Waals surface area (Å²) in [6.07, 6.45) is 4.38. The fraction of sp³-hybridized carbons (Fsp3) is 0.476. The number of anilines is 2. The molecule has 0 aliphatic carbocycles. The number of amides is 1. The summed E-state index contributed by atoms with van der Waals surface area (Å²) in [4.78, 5) is 24.9. The van der Waals surface area contributed by atoms with Crippen molar-refractivity contribution in [1.82, 2.24) is 14.9 Å². The van der Waals surface area contributed by atoms with Crippen LogP contribution in [0.15, 0.2) is 36.7 Å². The minimum absolute atomic E-state index is 0.245. The van der Waals surface area contributed by atoms with Gasteiger partial charge in [0.2, 0.25) is 0 Å². The smallest absolute Gasteiger partial charge is 0.410 e. The largest absolute Gasteiger partial charge is 0.444 e. The summed E-state index contributed by atoms with van der Waals surface area (Å²) in [5, 5.41) is 0. The zero-order valence-electron chi connectivity index (χ0n) is 16.8. The summed E-state index contributed by atoms with van der Waals surface area (Å²) in [5.74, 6) is 2.10. The Balaban J connectivity index is 1.63. The number of hydrogen-bond acceptors (Lipinski definition) is 5. The van der Waals surface area contributed by atoms with Crippen molar-refractivity contribution in [2.45, 2.75) is 45.6 Å². The SMILES string of the molecule is CCc1cccnc1N(C)c1ccc(C2CN(C(=O)OC(C)(C)C)C2)cn1. The average Bonchev–Trinajstić information content (AvgIpc) is 2.59. The molecule has 0 aromatic carbocycles. The number of ether oxygens (including phenoxy) is 1.